The summed E-state index contributed by atoms with van der Waals surface area (Å²) in [6.45, 7) is 6.98. The van der Waals surface area contributed by atoms with Crippen molar-refractivity contribution in [1.82, 2.24) is 14.8 Å². The van der Waals surface area contributed by atoms with E-state index in [4.69, 9.17) is 0 Å². The Balaban J connectivity index is 1.65. The molecule has 0 aliphatic carbocycles. The summed E-state index contributed by atoms with van der Waals surface area (Å²) in [5.41, 5.74) is 3.60. The Bertz CT molecular complexity index is 1000. The lowest BCUT2D eigenvalue weighted by atomic mass is 10.1. The van der Waals surface area contributed by atoms with Gasteiger partial charge in [0.1, 0.15) is 5.82 Å². The van der Waals surface area contributed by atoms with Gasteiger partial charge in [0.15, 0.2) is 5.82 Å². The first-order valence-electron chi connectivity index (χ1n) is 9.44. The lowest BCUT2D eigenvalue weighted by Crippen LogP contribution is -2.13. The minimum Gasteiger partial charge on any atom is -0.322 e. The Morgan fingerprint density at radius 3 is 2.74 bits per heavy atom. The highest BCUT2D eigenvalue weighted by Crippen LogP contribution is 2.28. The number of carbonyl (C=O) groups is 1. The molecule has 140 valence electrons. The van der Waals surface area contributed by atoms with Gasteiger partial charge in [-0.15, -0.1) is 21.5 Å². The predicted molar refractivity (Wildman–Crippen MR) is 109 cm³/mol. The summed E-state index contributed by atoms with van der Waals surface area (Å²) in [6, 6.07) is 8.07. The molecular formula is C21H24N4OS. The molecular weight excluding hydrogens is 356 g/mol. The number of nitrogens with one attached hydrogen (secondary N) is 1. The van der Waals surface area contributed by atoms with E-state index >= 15 is 0 Å². The van der Waals surface area contributed by atoms with E-state index in [1.165, 1.54) is 12.8 Å². The quantitative estimate of drug-likeness (QED) is 0.702. The Hall–Kier alpha value is -2.47. The molecule has 1 aliphatic rings. The van der Waals surface area contributed by atoms with Gasteiger partial charge in [0.05, 0.1) is 5.56 Å². The number of aromatic nitrogens is 3. The number of hydrogen-bond donors (Lipinski definition) is 1. The number of rotatable bonds is 3. The zero-order chi connectivity index (χ0) is 19.0. The highest BCUT2D eigenvalue weighted by Gasteiger charge is 2.18. The van der Waals surface area contributed by atoms with Crippen LogP contribution in [0.4, 0.5) is 5.69 Å². The Morgan fingerprint density at radius 2 is 1.96 bits per heavy atom. The van der Waals surface area contributed by atoms with E-state index in [1.807, 2.05) is 39.0 Å². The minimum atomic E-state index is -0.0582. The SMILES string of the molecule is Cc1cc(C(=O)Nc2cc(-c3nnc4n3CCCCC4)ccc2C)c(C)s1. The monoisotopic (exact) mass is 380 g/mol. The van der Waals surface area contributed by atoms with Crippen LogP contribution in [0.2, 0.25) is 0 Å². The first kappa shape index (κ1) is 17.9. The maximum atomic E-state index is 12.7. The van der Waals surface area contributed by atoms with Crippen molar-refractivity contribution in [2.24, 2.45) is 0 Å². The zero-order valence-corrected chi connectivity index (χ0v) is 16.8. The highest BCUT2D eigenvalue weighted by atomic mass is 32.1. The number of benzene rings is 1. The second-order valence-corrected chi connectivity index (χ2v) is 8.67. The van der Waals surface area contributed by atoms with E-state index in [1.54, 1.807) is 11.3 Å². The smallest absolute Gasteiger partial charge is 0.256 e. The molecule has 3 aromatic rings. The van der Waals surface area contributed by atoms with Gasteiger partial charge in [-0.1, -0.05) is 18.6 Å². The maximum absolute atomic E-state index is 12.7. The fourth-order valence-electron chi connectivity index (χ4n) is 3.64. The Labute approximate surface area is 163 Å². The van der Waals surface area contributed by atoms with Gasteiger partial charge in [-0.3, -0.25) is 4.79 Å². The van der Waals surface area contributed by atoms with E-state index in [0.717, 1.165) is 63.2 Å². The summed E-state index contributed by atoms with van der Waals surface area (Å²) < 4.78 is 2.23. The van der Waals surface area contributed by atoms with Gasteiger partial charge >= 0.3 is 0 Å². The standard InChI is InChI=1S/C21H24N4OS/c1-13-8-9-16(20-24-23-19-7-5-4-6-10-25(19)20)12-18(13)22-21(26)17-11-14(2)27-15(17)3/h8-9,11-12H,4-7,10H2,1-3H3,(H,22,26). The highest BCUT2D eigenvalue weighted by molar-refractivity contribution is 7.12. The van der Waals surface area contributed by atoms with Crippen LogP contribution >= 0.6 is 11.3 Å². The summed E-state index contributed by atoms with van der Waals surface area (Å²) >= 11 is 1.65. The molecule has 0 atom stereocenters. The third kappa shape index (κ3) is 3.54. The molecule has 0 fully saturated rings. The van der Waals surface area contributed by atoms with Crippen molar-refractivity contribution >= 4 is 22.9 Å². The third-order valence-corrected chi connectivity index (χ3v) is 6.10. The molecule has 27 heavy (non-hydrogen) atoms. The fourth-order valence-corrected chi connectivity index (χ4v) is 4.56. The van der Waals surface area contributed by atoms with Crippen LogP contribution in [-0.4, -0.2) is 20.7 Å². The topological polar surface area (TPSA) is 59.8 Å². The predicted octanol–water partition coefficient (Wildman–Crippen LogP) is 4.91. The molecule has 0 saturated carbocycles. The first-order chi connectivity index (χ1) is 13.0. The van der Waals surface area contributed by atoms with Crippen LogP contribution in [0, 0.1) is 20.8 Å². The van der Waals surface area contributed by atoms with Crippen LogP contribution in [0.1, 0.15) is 50.8 Å². The Morgan fingerprint density at radius 1 is 1.11 bits per heavy atom. The van der Waals surface area contributed by atoms with Crippen molar-refractivity contribution in [1.29, 1.82) is 0 Å². The van der Waals surface area contributed by atoms with Gasteiger partial charge in [-0.25, -0.2) is 0 Å². The molecule has 0 unspecified atom stereocenters. The molecule has 6 heteroatoms. The number of nitrogens with zero attached hydrogens (tertiary/aromatic N) is 3. The van der Waals surface area contributed by atoms with Crippen molar-refractivity contribution < 1.29 is 4.79 Å². The summed E-state index contributed by atoms with van der Waals surface area (Å²) in [7, 11) is 0. The van der Waals surface area contributed by atoms with Gasteiger partial charge in [0, 0.05) is 34.0 Å². The number of thiophene rings is 1. The number of hydrogen-bond acceptors (Lipinski definition) is 4. The van der Waals surface area contributed by atoms with Crippen LogP contribution in [-0.2, 0) is 13.0 Å². The number of amides is 1. The third-order valence-electron chi connectivity index (χ3n) is 5.14. The van der Waals surface area contributed by atoms with Crippen molar-refractivity contribution in [2.75, 3.05) is 5.32 Å². The van der Waals surface area contributed by atoms with Gasteiger partial charge < -0.3 is 9.88 Å². The van der Waals surface area contributed by atoms with Crippen LogP contribution in [0.3, 0.4) is 0 Å². The summed E-state index contributed by atoms with van der Waals surface area (Å²) in [5, 5.41) is 11.9. The van der Waals surface area contributed by atoms with E-state index < -0.39 is 0 Å². The van der Waals surface area contributed by atoms with Gasteiger partial charge in [-0.05, 0) is 51.3 Å². The molecule has 5 nitrogen and oxygen atoms in total. The second kappa shape index (κ2) is 7.27. The average molecular weight is 381 g/mol. The van der Waals surface area contributed by atoms with E-state index in [-0.39, 0.29) is 5.91 Å². The average Bonchev–Trinajstić information content (AvgIpc) is 3.10. The lowest BCUT2D eigenvalue weighted by molar-refractivity contribution is 0.102. The Kier molecular flexibility index (Phi) is 4.83. The van der Waals surface area contributed by atoms with Crippen LogP contribution in [0.5, 0.6) is 0 Å². The molecule has 1 N–H and O–H groups in total. The molecule has 3 heterocycles. The van der Waals surface area contributed by atoms with Crippen LogP contribution in [0.25, 0.3) is 11.4 Å². The molecule has 2 aromatic heterocycles. The number of aryl methyl sites for hydroxylation is 4. The summed E-state index contributed by atoms with van der Waals surface area (Å²) in [6.07, 6.45) is 4.55. The van der Waals surface area contributed by atoms with Crippen molar-refractivity contribution in [2.45, 2.75) is 53.0 Å². The van der Waals surface area contributed by atoms with Gasteiger partial charge in [0.25, 0.3) is 5.91 Å². The molecule has 0 saturated heterocycles. The van der Waals surface area contributed by atoms with Crippen molar-refractivity contribution in [3.8, 4) is 11.4 Å². The van der Waals surface area contributed by atoms with E-state index in [0.29, 0.717) is 0 Å². The molecule has 0 radical (unpaired) electrons. The molecule has 1 aromatic carbocycles. The van der Waals surface area contributed by atoms with Crippen LogP contribution < -0.4 is 5.32 Å². The van der Waals surface area contributed by atoms with Crippen LogP contribution in [0.15, 0.2) is 24.3 Å². The summed E-state index contributed by atoms with van der Waals surface area (Å²) in [5.74, 6) is 1.90. The summed E-state index contributed by atoms with van der Waals surface area (Å²) in [4.78, 5) is 14.9. The normalized spacial score (nSPS) is 13.9. The van der Waals surface area contributed by atoms with E-state index in [9.17, 15) is 4.79 Å². The lowest BCUT2D eigenvalue weighted by Gasteiger charge is -2.12. The molecule has 0 spiro atoms. The minimum absolute atomic E-state index is 0.0582. The number of carbonyl (C=O) groups excluding carboxylic acids is 1. The zero-order valence-electron chi connectivity index (χ0n) is 16.0. The fraction of sp³-hybridized carbons (Fsp3) is 0.381. The van der Waals surface area contributed by atoms with Gasteiger partial charge in [-0.2, -0.15) is 0 Å². The molecule has 4 rings (SSSR count). The van der Waals surface area contributed by atoms with Crippen molar-refractivity contribution in [3.63, 3.8) is 0 Å². The molecule has 1 aliphatic heterocycles. The number of anilines is 1. The molecule has 1 amide bonds. The van der Waals surface area contributed by atoms with Gasteiger partial charge in [0.2, 0.25) is 0 Å². The first-order valence-corrected chi connectivity index (χ1v) is 10.3. The van der Waals surface area contributed by atoms with E-state index in [2.05, 4.69) is 26.1 Å². The van der Waals surface area contributed by atoms with Crippen molar-refractivity contribution in [3.05, 3.63) is 51.0 Å². The maximum Gasteiger partial charge on any atom is 0.256 e. The largest absolute Gasteiger partial charge is 0.322 e. The second-order valence-electron chi connectivity index (χ2n) is 7.21. The molecule has 0 bridgehead atoms. The number of fused-ring (bicyclic) bond motifs is 1.